The Kier molecular flexibility index (Phi) is 4.96. The van der Waals surface area contributed by atoms with E-state index in [9.17, 15) is 4.79 Å². The number of hydrogen-bond acceptors (Lipinski definition) is 4. The van der Waals surface area contributed by atoms with E-state index in [1.54, 1.807) is 35.8 Å². The average Bonchev–Trinajstić information content (AvgIpc) is 3.14. The first-order valence-corrected chi connectivity index (χ1v) is 7.92. The molecule has 1 N–H and O–H groups in total. The number of H-pyrrole nitrogens is 1. The summed E-state index contributed by atoms with van der Waals surface area (Å²) in [7, 11) is 0. The van der Waals surface area contributed by atoms with Crippen molar-refractivity contribution in [3.05, 3.63) is 66.4 Å². The lowest BCUT2D eigenvalue weighted by atomic mass is 10.2. The van der Waals surface area contributed by atoms with Gasteiger partial charge in [0.15, 0.2) is 0 Å². The summed E-state index contributed by atoms with van der Waals surface area (Å²) >= 11 is 0. The topological polar surface area (TPSA) is 74.8 Å². The van der Waals surface area contributed by atoms with Crippen LogP contribution in [0.15, 0.2) is 55.1 Å². The second kappa shape index (κ2) is 7.50. The minimum absolute atomic E-state index is 0.0470. The van der Waals surface area contributed by atoms with Gasteiger partial charge in [0.25, 0.3) is 5.91 Å². The molecule has 0 fully saturated rings. The normalized spacial score (nSPS) is 10.5. The van der Waals surface area contributed by atoms with E-state index in [1.807, 2.05) is 31.2 Å². The average molecular weight is 321 g/mol. The van der Waals surface area contributed by atoms with Gasteiger partial charge in [-0.1, -0.05) is 0 Å². The Labute approximate surface area is 140 Å². The van der Waals surface area contributed by atoms with E-state index in [4.69, 9.17) is 0 Å². The third-order valence-electron chi connectivity index (χ3n) is 3.85. The van der Waals surface area contributed by atoms with Gasteiger partial charge in [-0.3, -0.25) is 19.9 Å². The van der Waals surface area contributed by atoms with E-state index in [1.165, 1.54) is 0 Å². The van der Waals surface area contributed by atoms with Gasteiger partial charge in [0.05, 0.1) is 5.69 Å². The number of aromatic nitrogens is 4. The van der Waals surface area contributed by atoms with Crippen LogP contribution in [0.5, 0.6) is 0 Å². The maximum Gasteiger partial charge on any atom is 0.271 e. The number of carbonyl (C=O) groups excluding carboxylic acids is 1. The summed E-state index contributed by atoms with van der Waals surface area (Å²) in [4.78, 5) is 22.6. The predicted octanol–water partition coefficient (Wildman–Crippen LogP) is 2.57. The highest BCUT2D eigenvalue weighted by Crippen LogP contribution is 2.17. The van der Waals surface area contributed by atoms with Crippen LogP contribution in [0.1, 0.15) is 23.0 Å². The van der Waals surface area contributed by atoms with Crippen LogP contribution in [0.4, 0.5) is 0 Å². The molecule has 0 aliphatic heterocycles. The van der Waals surface area contributed by atoms with Crippen LogP contribution >= 0.6 is 0 Å². The minimum atomic E-state index is -0.0470. The quantitative estimate of drug-likeness (QED) is 0.757. The molecule has 0 aliphatic rings. The number of nitrogens with zero attached hydrogens (tertiary/aromatic N) is 4. The number of likely N-dealkylation sites (N-methyl/N-ethyl adjacent to an activating group) is 1. The summed E-state index contributed by atoms with van der Waals surface area (Å²) in [5.74, 6) is -0.0470. The second-order valence-electron chi connectivity index (χ2n) is 5.40. The molecule has 3 heterocycles. The van der Waals surface area contributed by atoms with E-state index < -0.39 is 0 Å². The number of amides is 1. The lowest BCUT2D eigenvalue weighted by Crippen LogP contribution is -2.33. The van der Waals surface area contributed by atoms with E-state index in [2.05, 4.69) is 20.2 Å². The highest BCUT2D eigenvalue weighted by atomic mass is 16.2. The van der Waals surface area contributed by atoms with E-state index in [-0.39, 0.29) is 5.91 Å². The molecule has 0 saturated carbocycles. The summed E-state index contributed by atoms with van der Waals surface area (Å²) < 4.78 is 0. The van der Waals surface area contributed by atoms with Gasteiger partial charge in [-0.2, -0.15) is 5.10 Å². The fraction of sp³-hybridized carbons (Fsp3) is 0.222. The molecule has 0 saturated heterocycles. The number of hydrogen-bond donors (Lipinski definition) is 1. The first-order valence-electron chi connectivity index (χ1n) is 7.92. The molecular weight excluding hydrogens is 302 g/mol. The predicted molar refractivity (Wildman–Crippen MR) is 91.3 cm³/mol. The largest absolute Gasteiger partial charge is 0.337 e. The van der Waals surface area contributed by atoms with Crippen molar-refractivity contribution in [3.63, 3.8) is 0 Å². The van der Waals surface area contributed by atoms with E-state index in [0.29, 0.717) is 18.8 Å². The highest BCUT2D eigenvalue weighted by molar-refractivity contribution is 5.93. The van der Waals surface area contributed by atoms with Gasteiger partial charge in [0.1, 0.15) is 5.69 Å². The Morgan fingerprint density at radius 1 is 1.17 bits per heavy atom. The van der Waals surface area contributed by atoms with Crippen molar-refractivity contribution in [3.8, 4) is 11.3 Å². The third-order valence-corrected chi connectivity index (χ3v) is 3.85. The van der Waals surface area contributed by atoms with Crippen LogP contribution in [-0.4, -0.2) is 44.1 Å². The number of aromatic amines is 1. The molecule has 0 spiro atoms. The molecule has 1 amide bonds. The first-order chi connectivity index (χ1) is 11.8. The van der Waals surface area contributed by atoms with Crippen molar-refractivity contribution >= 4 is 5.91 Å². The monoisotopic (exact) mass is 321 g/mol. The van der Waals surface area contributed by atoms with Crippen LogP contribution < -0.4 is 0 Å². The van der Waals surface area contributed by atoms with Gasteiger partial charge in [-0.25, -0.2) is 0 Å². The molecule has 0 radical (unpaired) electrons. The van der Waals surface area contributed by atoms with Crippen LogP contribution in [-0.2, 0) is 6.42 Å². The Hall–Kier alpha value is -3.02. The van der Waals surface area contributed by atoms with Gasteiger partial charge in [-0.15, -0.1) is 0 Å². The number of rotatable bonds is 6. The Morgan fingerprint density at radius 2 is 2.00 bits per heavy atom. The molecule has 3 rings (SSSR count). The van der Waals surface area contributed by atoms with Crippen LogP contribution in [0, 0.1) is 0 Å². The zero-order valence-corrected chi connectivity index (χ0v) is 13.5. The fourth-order valence-electron chi connectivity index (χ4n) is 2.48. The highest BCUT2D eigenvalue weighted by Gasteiger charge is 2.17. The van der Waals surface area contributed by atoms with Crippen LogP contribution in [0.25, 0.3) is 11.3 Å². The Bertz CT molecular complexity index is 785. The molecular formula is C18H19N5O. The zero-order valence-electron chi connectivity index (χ0n) is 13.5. The van der Waals surface area contributed by atoms with Crippen molar-refractivity contribution < 1.29 is 4.79 Å². The molecule has 0 unspecified atom stereocenters. The van der Waals surface area contributed by atoms with Crippen molar-refractivity contribution in [1.29, 1.82) is 0 Å². The molecule has 0 bridgehead atoms. The van der Waals surface area contributed by atoms with Gasteiger partial charge in [0, 0.05) is 43.4 Å². The van der Waals surface area contributed by atoms with Gasteiger partial charge >= 0.3 is 0 Å². The molecule has 122 valence electrons. The fourth-order valence-corrected chi connectivity index (χ4v) is 2.48. The van der Waals surface area contributed by atoms with Crippen molar-refractivity contribution in [2.75, 3.05) is 13.1 Å². The Morgan fingerprint density at radius 3 is 2.71 bits per heavy atom. The number of pyridine rings is 2. The summed E-state index contributed by atoms with van der Waals surface area (Å²) in [6, 6.07) is 9.47. The molecule has 3 aromatic rings. The molecule has 0 aliphatic carbocycles. The zero-order chi connectivity index (χ0) is 16.8. The summed E-state index contributed by atoms with van der Waals surface area (Å²) in [6.45, 7) is 3.27. The van der Waals surface area contributed by atoms with Gasteiger partial charge in [0.2, 0.25) is 0 Å². The van der Waals surface area contributed by atoms with E-state index in [0.717, 1.165) is 23.2 Å². The Balaban J connectivity index is 1.69. The number of carbonyl (C=O) groups is 1. The summed E-state index contributed by atoms with van der Waals surface area (Å²) in [5.41, 5.74) is 3.26. The van der Waals surface area contributed by atoms with Crippen molar-refractivity contribution in [2.45, 2.75) is 13.3 Å². The molecule has 3 aromatic heterocycles. The van der Waals surface area contributed by atoms with Gasteiger partial charge in [-0.05, 0) is 49.2 Å². The lowest BCUT2D eigenvalue weighted by molar-refractivity contribution is 0.0760. The van der Waals surface area contributed by atoms with Crippen LogP contribution in [0.2, 0.25) is 0 Å². The molecule has 6 heteroatoms. The number of nitrogens with one attached hydrogen (secondary N) is 1. The SMILES string of the molecule is CCN(CCc1ccncc1)C(=O)c1cc(-c2cccnc2)n[nH]1. The van der Waals surface area contributed by atoms with Crippen molar-refractivity contribution in [2.24, 2.45) is 0 Å². The van der Waals surface area contributed by atoms with Crippen molar-refractivity contribution in [1.82, 2.24) is 25.1 Å². The standard InChI is InChI=1S/C18H19N5O/c1-2-23(11-7-14-5-9-19-10-6-14)18(24)17-12-16(21-22-17)15-4-3-8-20-13-15/h3-6,8-10,12-13H,2,7,11H2,1H3,(H,21,22). The maximum atomic E-state index is 12.7. The van der Waals surface area contributed by atoms with Gasteiger partial charge < -0.3 is 4.90 Å². The lowest BCUT2D eigenvalue weighted by Gasteiger charge is -2.19. The second-order valence-corrected chi connectivity index (χ2v) is 5.40. The van der Waals surface area contributed by atoms with E-state index >= 15 is 0 Å². The summed E-state index contributed by atoms with van der Waals surface area (Å²) in [6.07, 6.45) is 7.77. The van der Waals surface area contributed by atoms with Crippen LogP contribution in [0.3, 0.4) is 0 Å². The first kappa shape index (κ1) is 15.9. The molecule has 0 aromatic carbocycles. The third kappa shape index (κ3) is 3.65. The molecule has 24 heavy (non-hydrogen) atoms. The molecule has 6 nitrogen and oxygen atoms in total. The smallest absolute Gasteiger partial charge is 0.271 e. The maximum absolute atomic E-state index is 12.7. The summed E-state index contributed by atoms with van der Waals surface area (Å²) in [5, 5.41) is 7.06. The molecule has 0 atom stereocenters. The minimum Gasteiger partial charge on any atom is -0.337 e.